The molecule has 176 valence electrons. The number of furan rings is 1. The van der Waals surface area contributed by atoms with Crippen LogP contribution in [-0.4, -0.2) is 55.1 Å². The maximum atomic E-state index is 13.1. The Balaban J connectivity index is 1.34. The SMILES string of the molecule is Cc1noc2nc(-c3ccco3)cc(C(=O)NCc3ccc(S(=O)(=O)N4CCOCC4)cc3)c12. The number of nitrogens with one attached hydrogen (secondary N) is 1. The van der Waals surface area contributed by atoms with Crippen LogP contribution in [0, 0.1) is 6.92 Å². The normalized spacial score (nSPS) is 15.0. The lowest BCUT2D eigenvalue weighted by atomic mass is 10.1. The second-order valence-electron chi connectivity index (χ2n) is 7.82. The van der Waals surface area contributed by atoms with Gasteiger partial charge in [0.15, 0.2) is 5.76 Å². The van der Waals surface area contributed by atoms with Crippen LogP contribution in [0.25, 0.3) is 22.6 Å². The van der Waals surface area contributed by atoms with Crippen molar-refractivity contribution in [1.29, 1.82) is 0 Å². The van der Waals surface area contributed by atoms with E-state index in [1.807, 2.05) is 0 Å². The van der Waals surface area contributed by atoms with E-state index in [2.05, 4.69) is 15.5 Å². The molecule has 1 aromatic carbocycles. The molecule has 1 fully saturated rings. The summed E-state index contributed by atoms with van der Waals surface area (Å²) in [6.07, 6.45) is 1.52. The number of amides is 1. The number of carbonyl (C=O) groups is 1. The number of morpholine rings is 1. The number of nitrogens with zero attached hydrogens (tertiary/aromatic N) is 3. The van der Waals surface area contributed by atoms with Crippen molar-refractivity contribution in [2.45, 2.75) is 18.4 Å². The number of sulfonamides is 1. The van der Waals surface area contributed by atoms with Gasteiger partial charge in [0.25, 0.3) is 11.6 Å². The first kappa shape index (κ1) is 22.3. The molecule has 11 heteroatoms. The average Bonchev–Trinajstić information content (AvgIpc) is 3.53. The quantitative estimate of drug-likeness (QED) is 0.444. The van der Waals surface area contributed by atoms with E-state index in [0.29, 0.717) is 54.4 Å². The minimum absolute atomic E-state index is 0.209. The number of fused-ring (bicyclic) bond motifs is 1. The zero-order chi connectivity index (χ0) is 23.7. The average molecular weight is 483 g/mol. The summed E-state index contributed by atoms with van der Waals surface area (Å²) in [6.45, 7) is 3.40. The predicted molar refractivity (Wildman–Crippen MR) is 121 cm³/mol. The number of ether oxygens (including phenoxy) is 1. The van der Waals surface area contributed by atoms with Crippen LogP contribution in [0.3, 0.4) is 0 Å². The number of hydrogen-bond acceptors (Lipinski definition) is 8. The Morgan fingerprint density at radius 3 is 2.62 bits per heavy atom. The van der Waals surface area contributed by atoms with Crippen LogP contribution in [0.15, 0.2) is 62.6 Å². The molecule has 10 nitrogen and oxygen atoms in total. The molecule has 34 heavy (non-hydrogen) atoms. The number of hydrogen-bond donors (Lipinski definition) is 1. The van der Waals surface area contributed by atoms with E-state index >= 15 is 0 Å². The molecule has 1 amide bonds. The van der Waals surface area contributed by atoms with E-state index in [1.165, 1.54) is 10.6 Å². The Labute approximate surface area is 195 Å². The molecule has 0 spiro atoms. The van der Waals surface area contributed by atoms with E-state index in [1.54, 1.807) is 49.4 Å². The first-order chi connectivity index (χ1) is 16.4. The Kier molecular flexibility index (Phi) is 5.90. The molecule has 0 bridgehead atoms. The van der Waals surface area contributed by atoms with Gasteiger partial charge >= 0.3 is 0 Å². The molecule has 0 unspecified atom stereocenters. The van der Waals surface area contributed by atoms with E-state index in [4.69, 9.17) is 13.7 Å². The minimum atomic E-state index is -3.57. The summed E-state index contributed by atoms with van der Waals surface area (Å²) in [7, 11) is -3.57. The highest BCUT2D eigenvalue weighted by Crippen LogP contribution is 2.27. The fourth-order valence-electron chi connectivity index (χ4n) is 3.82. The van der Waals surface area contributed by atoms with Crippen molar-refractivity contribution >= 4 is 27.0 Å². The Bertz CT molecular complexity index is 1420. The minimum Gasteiger partial charge on any atom is -0.463 e. The molecule has 0 atom stereocenters. The van der Waals surface area contributed by atoms with Crippen molar-refractivity contribution in [3.05, 3.63) is 65.5 Å². The summed E-state index contributed by atoms with van der Waals surface area (Å²) in [6, 6.07) is 11.6. The zero-order valence-corrected chi connectivity index (χ0v) is 19.2. The van der Waals surface area contributed by atoms with Gasteiger partial charge in [0, 0.05) is 19.6 Å². The molecule has 0 aliphatic carbocycles. The van der Waals surface area contributed by atoms with Crippen LogP contribution >= 0.6 is 0 Å². The first-order valence-corrected chi connectivity index (χ1v) is 12.1. The van der Waals surface area contributed by atoms with E-state index in [-0.39, 0.29) is 23.1 Å². The third-order valence-corrected chi connectivity index (χ3v) is 7.53. The third kappa shape index (κ3) is 4.20. The molecule has 4 heterocycles. The summed E-state index contributed by atoms with van der Waals surface area (Å²) >= 11 is 0. The largest absolute Gasteiger partial charge is 0.463 e. The molecule has 3 aromatic heterocycles. The number of aromatic nitrogens is 2. The van der Waals surface area contributed by atoms with Gasteiger partial charge in [0.05, 0.1) is 41.0 Å². The molecule has 4 aromatic rings. The Morgan fingerprint density at radius 1 is 1.15 bits per heavy atom. The van der Waals surface area contributed by atoms with Crippen molar-refractivity contribution in [1.82, 2.24) is 19.8 Å². The number of carbonyl (C=O) groups excluding carboxylic acids is 1. The maximum Gasteiger partial charge on any atom is 0.259 e. The smallest absolute Gasteiger partial charge is 0.259 e. The van der Waals surface area contributed by atoms with E-state index < -0.39 is 10.0 Å². The lowest BCUT2D eigenvalue weighted by molar-refractivity contribution is 0.0730. The van der Waals surface area contributed by atoms with Gasteiger partial charge in [-0.2, -0.15) is 4.31 Å². The second-order valence-corrected chi connectivity index (χ2v) is 9.76. The third-order valence-electron chi connectivity index (χ3n) is 5.62. The van der Waals surface area contributed by atoms with Gasteiger partial charge in [-0.1, -0.05) is 17.3 Å². The first-order valence-electron chi connectivity index (χ1n) is 10.7. The highest BCUT2D eigenvalue weighted by Gasteiger charge is 2.26. The molecular formula is C23H22N4O6S. The predicted octanol–water partition coefficient (Wildman–Crippen LogP) is 2.74. The molecular weight excluding hydrogens is 460 g/mol. The fourth-order valence-corrected chi connectivity index (χ4v) is 5.23. The van der Waals surface area contributed by atoms with Crippen molar-refractivity contribution in [3.63, 3.8) is 0 Å². The van der Waals surface area contributed by atoms with Gasteiger partial charge < -0.3 is 19.0 Å². The number of benzene rings is 1. The van der Waals surface area contributed by atoms with Crippen LogP contribution < -0.4 is 5.32 Å². The van der Waals surface area contributed by atoms with Gasteiger partial charge in [0.2, 0.25) is 10.0 Å². The zero-order valence-electron chi connectivity index (χ0n) is 18.4. The van der Waals surface area contributed by atoms with Crippen molar-refractivity contribution in [2.75, 3.05) is 26.3 Å². The molecule has 1 saturated heterocycles. The topological polar surface area (TPSA) is 128 Å². The van der Waals surface area contributed by atoms with Crippen LogP contribution in [-0.2, 0) is 21.3 Å². The van der Waals surface area contributed by atoms with E-state index in [0.717, 1.165) is 5.56 Å². The summed E-state index contributed by atoms with van der Waals surface area (Å²) in [5, 5.41) is 7.34. The molecule has 0 saturated carbocycles. The summed E-state index contributed by atoms with van der Waals surface area (Å²) in [4.78, 5) is 17.7. The summed E-state index contributed by atoms with van der Waals surface area (Å²) in [5.41, 5.74) is 2.37. The van der Waals surface area contributed by atoms with Crippen molar-refractivity contribution in [2.24, 2.45) is 0 Å². The standard InChI is InChI=1S/C23H22N4O6S/c1-15-21-18(13-19(20-3-2-10-32-20)25-23(21)33-26-15)22(28)24-14-16-4-6-17(7-5-16)34(29,30)27-8-11-31-12-9-27/h2-7,10,13H,8-9,11-12,14H2,1H3,(H,24,28). The van der Waals surface area contributed by atoms with E-state index in [9.17, 15) is 13.2 Å². The lowest BCUT2D eigenvalue weighted by Crippen LogP contribution is -2.40. The van der Waals surface area contributed by atoms with Gasteiger partial charge in [-0.15, -0.1) is 0 Å². The van der Waals surface area contributed by atoms with Gasteiger partial charge in [-0.3, -0.25) is 4.79 Å². The number of rotatable bonds is 6. The lowest BCUT2D eigenvalue weighted by Gasteiger charge is -2.26. The number of aryl methyl sites for hydroxylation is 1. The fraction of sp³-hybridized carbons (Fsp3) is 0.261. The molecule has 1 N–H and O–H groups in total. The highest BCUT2D eigenvalue weighted by atomic mass is 32.2. The number of pyridine rings is 1. The van der Waals surface area contributed by atoms with Crippen molar-refractivity contribution in [3.8, 4) is 11.5 Å². The maximum absolute atomic E-state index is 13.1. The monoisotopic (exact) mass is 482 g/mol. The summed E-state index contributed by atoms with van der Waals surface area (Å²) in [5.74, 6) is 0.165. The van der Waals surface area contributed by atoms with Crippen LogP contribution in [0.4, 0.5) is 0 Å². The Morgan fingerprint density at radius 2 is 1.91 bits per heavy atom. The van der Waals surface area contributed by atoms with Crippen LogP contribution in [0.2, 0.25) is 0 Å². The molecule has 5 rings (SSSR count). The van der Waals surface area contributed by atoms with Crippen molar-refractivity contribution < 1.29 is 26.9 Å². The van der Waals surface area contributed by atoms with Crippen LogP contribution in [0.5, 0.6) is 0 Å². The van der Waals surface area contributed by atoms with Gasteiger partial charge in [0.1, 0.15) is 5.69 Å². The Hall–Kier alpha value is -3.54. The van der Waals surface area contributed by atoms with Gasteiger partial charge in [-0.25, -0.2) is 13.4 Å². The second kappa shape index (κ2) is 9.01. The van der Waals surface area contributed by atoms with Crippen LogP contribution in [0.1, 0.15) is 21.6 Å². The molecule has 1 aliphatic heterocycles. The summed E-state index contributed by atoms with van der Waals surface area (Å²) < 4.78 is 42.9. The molecule has 1 aliphatic rings. The highest BCUT2D eigenvalue weighted by molar-refractivity contribution is 7.89. The molecule has 0 radical (unpaired) electrons. The van der Waals surface area contributed by atoms with Gasteiger partial charge in [-0.05, 0) is 42.8 Å².